The first-order chi connectivity index (χ1) is 38.5. The molecule has 0 saturated heterocycles. The molecule has 0 aromatic heterocycles. The van der Waals surface area contributed by atoms with Gasteiger partial charge in [-0.2, -0.15) is 0 Å². The summed E-state index contributed by atoms with van der Waals surface area (Å²) in [5.41, 5.74) is 0. The highest BCUT2D eigenvalue weighted by atomic mass is 16.5. The van der Waals surface area contributed by atoms with E-state index in [-0.39, 0.29) is 18.5 Å². The van der Waals surface area contributed by atoms with Crippen molar-refractivity contribution >= 4 is 11.9 Å². The number of hydrogen-bond acceptors (Lipinski definition) is 5. The molecule has 0 aliphatic carbocycles. The fraction of sp³-hybridized carbons (Fsp3) is 0.917. The molecule has 0 aromatic rings. The second kappa shape index (κ2) is 67.8. The second-order valence-electron chi connectivity index (χ2n) is 24.6. The number of amides is 1. The molecule has 3 N–H and O–H groups in total. The standard InChI is InChI=1S/C72H139NO5/c1-3-5-7-9-11-13-15-16-17-18-19-20-26-29-32-35-38-41-45-48-52-56-60-64-70(75)69(68-74)73-71(76)65-61-57-53-49-46-42-39-36-33-30-27-24-22-21-23-25-28-31-34-37-40-43-47-51-55-59-63-67-78-72(77)66-62-58-54-50-44-14-12-10-8-6-4-2/h10,12,21-22,69-70,74-75H,3-9,11,13-20,23-68H2,1-2H3,(H,73,76)/b12-10-,22-21-. The Bertz CT molecular complexity index is 1220. The van der Waals surface area contributed by atoms with E-state index in [1.165, 1.54) is 321 Å². The van der Waals surface area contributed by atoms with E-state index in [0.29, 0.717) is 25.9 Å². The first-order valence-corrected chi connectivity index (χ1v) is 35.6. The van der Waals surface area contributed by atoms with Gasteiger partial charge in [-0.05, 0) is 70.6 Å². The normalized spacial score (nSPS) is 12.6. The lowest BCUT2D eigenvalue weighted by Crippen LogP contribution is -2.45. The maximum atomic E-state index is 12.6. The summed E-state index contributed by atoms with van der Waals surface area (Å²) in [6.07, 6.45) is 85.2. The third-order valence-corrected chi connectivity index (χ3v) is 16.7. The Hall–Kier alpha value is -1.66. The van der Waals surface area contributed by atoms with E-state index < -0.39 is 12.1 Å². The fourth-order valence-electron chi connectivity index (χ4n) is 11.3. The van der Waals surface area contributed by atoms with Crippen molar-refractivity contribution in [3.8, 4) is 0 Å². The van der Waals surface area contributed by atoms with E-state index in [1.54, 1.807) is 0 Å². The molecule has 6 nitrogen and oxygen atoms in total. The van der Waals surface area contributed by atoms with Crippen molar-refractivity contribution in [2.45, 2.75) is 411 Å². The van der Waals surface area contributed by atoms with Gasteiger partial charge in [0, 0.05) is 12.8 Å². The van der Waals surface area contributed by atoms with Gasteiger partial charge in [-0.15, -0.1) is 0 Å². The Morgan fingerprint density at radius 3 is 0.949 bits per heavy atom. The zero-order chi connectivity index (χ0) is 56.4. The average molecular weight is 1100 g/mol. The second-order valence-corrected chi connectivity index (χ2v) is 24.6. The molecule has 6 heteroatoms. The molecule has 0 aromatic carbocycles. The lowest BCUT2D eigenvalue weighted by atomic mass is 10.0. The van der Waals surface area contributed by atoms with Crippen LogP contribution in [0.4, 0.5) is 0 Å². The van der Waals surface area contributed by atoms with Gasteiger partial charge in [0.15, 0.2) is 0 Å². The summed E-state index contributed by atoms with van der Waals surface area (Å²) in [7, 11) is 0. The van der Waals surface area contributed by atoms with Crippen LogP contribution in [-0.2, 0) is 14.3 Å². The van der Waals surface area contributed by atoms with Crippen molar-refractivity contribution in [3.05, 3.63) is 24.3 Å². The maximum absolute atomic E-state index is 12.6. The SMILES string of the molecule is CCCC/C=C\CCCCCCCC(=O)OCCCCCCCCCCCCCC/C=C\CCCCCCCCCCCCCC(=O)NC(CO)C(O)CCCCCCCCCCCCCCCCCCCCCCCCC. The number of unbranched alkanes of at least 4 members (excludes halogenated alkanes) is 52. The van der Waals surface area contributed by atoms with Gasteiger partial charge in [0.2, 0.25) is 5.91 Å². The molecule has 2 unspecified atom stereocenters. The summed E-state index contributed by atoms with van der Waals surface area (Å²) >= 11 is 0. The van der Waals surface area contributed by atoms with Gasteiger partial charge in [-0.25, -0.2) is 0 Å². The smallest absolute Gasteiger partial charge is 0.305 e. The molecule has 2 atom stereocenters. The largest absolute Gasteiger partial charge is 0.466 e. The van der Waals surface area contributed by atoms with Crippen LogP contribution < -0.4 is 5.32 Å². The summed E-state index contributed by atoms with van der Waals surface area (Å²) in [5, 5.41) is 23.4. The summed E-state index contributed by atoms with van der Waals surface area (Å²) in [4.78, 5) is 24.6. The molecule has 0 rings (SSSR count). The van der Waals surface area contributed by atoms with Gasteiger partial charge in [-0.3, -0.25) is 9.59 Å². The predicted molar refractivity (Wildman–Crippen MR) is 343 cm³/mol. The van der Waals surface area contributed by atoms with Crippen molar-refractivity contribution in [3.63, 3.8) is 0 Å². The van der Waals surface area contributed by atoms with Crippen LogP contribution in [0.1, 0.15) is 399 Å². The van der Waals surface area contributed by atoms with Crippen molar-refractivity contribution in [2.24, 2.45) is 0 Å². The third kappa shape index (κ3) is 63.5. The van der Waals surface area contributed by atoms with Crippen molar-refractivity contribution in [1.82, 2.24) is 5.32 Å². The summed E-state index contributed by atoms with van der Waals surface area (Å²) in [6, 6.07) is -0.543. The Kier molecular flexibility index (Phi) is 66.4. The van der Waals surface area contributed by atoms with Crippen LogP contribution >= 0.6 is 0 Å². The van der Waals surface area contributed by atoms with E-state index in [0.717, 1.165) is 44.9 Å². The van der Waals surface area contributed by atoms with Gasteiger partial charge in [0.25, 0.3) is 0 Å². The van der Waals surface area contributed by atoms with Crippen molar-refractivity contribution in [2.75, 3.05) is 13.2 Å². The Labute approximate surface area is 488 Å². The van der Waals surface area contributed by atoms with E-state index in [4.69, 9.17) is 4.74 Å². The van der Waals surface area contributed by atoms with Crippen molar-refractivity contribution in [1.29, 1.82) is 0 Å². The molecule has 0 saturated carbocycles. The van der Waals surface area contributed by atoms with E-state index >= 15 is 0 Å². The molecular formula is C72H139NO5. The van der Waals surface area contributed by atoms with E-state index in [9.17, 15) is 19.8 Å². The maximum Gasteiger partial charge on any atom is 0.305 e. The Morgan fingerprint density at radius 1 is 0.346 bits per heavy atom. The molecule has 1 amide bonds. The molecule has 0 aliphatic heterocycles. The van der Waals surface area contributed by atoms with Gasteiger partial charge < -0.3 is 20.3 Å². The number of carbonyl (C=O) groups is 2. The van der Waals surface area contributed by atoms with Crippen LogP contribution in [0.25, 0.3) is 0 Å². The topological polar surface area (TPSA) is 95.9 Å². The van der Waals surface area contributed by atoms with Crippen LogP contribution in [0.3, 0.4) is 0 Å². The monoisotopic (exact) mass is 1100 g/mol. The quantitative estimate of drug-likeness (QED) is 0.0320. The Morgan fingerprint density at radius 2 is 0.615 bits per heavy atom. The first-order valence-electron chi connectivity index (χ1n) is 35.6. The van der Waals surface area contributed by atoms with E-state index in [1.807, 2.05) is 0 Å². The lowest BCUT2D eigenvalue weighted by molar-refractivity contribution is -0.143. The number of aliphatic hydroxyl groups is 2. The number of hydrogen-bond donors (Lipinski definition) is 3. The molecule has 0 spiro atoms. The minimum atomic E-state index is -0.666. The van der Waals surface area contributed by atoms with Gasteiger partial charge >= 0.3 is 5.97 Å². The molecule has 0 radical (unpaired) electrons. The highest BCUT2D eigenvalue weighted by Gasteiger charge is 2.20. The number of esters is 1. The number of rotatable bonds is 67. The zero-order valence-electron chi connectivity index (χ0n) is 52.9. The number of allylic oxidation sites excluding steroid dienone is 4. The van der Waals surface area contributed by atoms with Crippen LogP contribution in [0, 0.1) is 0 Å². The highest BCUT2D eigenvalue weighted by Crippen LogP contribution is 2.19. The molecule has 462 valence electrons. The zero-order valence-corrected chi connectivity index (χ0v) is 52.9. The van der Waals surface area contributed by atoms with Crippen LogP contribution in [0.2, 0.25) is 0 Å². The molecule has 0 bridgehead atoms. The van der Waals surface area contributed by atoms with Gasteiger partial charge in [-0.1, -0.05) is 340 Å². The van der Waals surface area contributed by atoms with Crippen LogP contribution in [-0.4, -0.2) is 47.4 Å². The minimum absolute atomic E-state index is 0.00468. The van der Waals surface area contributed by atoms with Crippen molar-refractivity contribution < 1.29 is 24.5 Å². The highest BCUT2D eigenvalue weighted by molar-refractivity contribution is 5.76. The molecule has 0 heterocycles. The molecule has 0 fully saturated rings. The first kappa shape index (κ1) is 76.3. The predicted octanol–water partition coefficient (Wildman–Crippen LogP) is 22.9. The van der Waals surface area contributed by atoms with Gasteiger partial charge in [0.05, 0.1) is 25.4 Å². The number of ether oxygens (including phenoxy) is 1. The molecule has 0 aliphatic rings. The van der Waals surface area contributed by atoms with Crippen LogP contribution in [0.5, 0.6) is 0 Å². The summed E-state index contributed by atoms with van der Waals surface area (Å²) in [5.74, 6) is -0.0264. The molecule has 78 heavy (non-hydrogen) atoms. The van der Waals surface area contributed by atoms with E-state index in [2.05, 4.69) is 43.5 Å². The summed E-state index contributed by atoms with van der Waals surface area (Å²) in [6.45, 7) is 4.95. The number of carbonyl (C=O) groups excluding carboxylic acids is 2. The number of nitrogens with one attached hydrogen (secondary N) is 1. The third-order valence-electron chi connectivity index (χ3n) is 16.7. The summed E-state index contributed by atoms with van der Waals surface area (Å²) < 4.78 is 5.46. The number of aliphatic hydroxyl groups excluding tert-OH is 2. The lowest BCUT2D eigenvalue weighted by Gasteiger charge is -2.22. The Balaban J connectivity index is 3.39. The average Bonchev–Trinajstić information content (AvgIpc) is 3.44. The molecular weight excluding hydrogens is 959 g/mol. The fourth-order valence-corrected chi connectivity index (χ4v) is 11.3. The van der Waals surface area contributed by atoms with Gasteiger partial charge in [0.1, 0.15) is 0 Å². The van der Waals surface area contributed by atoms with Crippen LogP contribution in [0.15, 0.2) is 24.3 Å². The minimum Gasteiger partial charge on any atom is -0.466 e.